The number of pyridine rings is 1. The van der Waals surface area contributed by atoms with Gasteiger partial charge < -0.3 is 9.30 Å². The number of nitrogens with zero attached hydrogens (tertiary/aromatic N) is 2. The van der Waals surface area contributed by atoms with Crippen molar-refractivity contribution in [2.45, 2.75) is 31.2 Å². The molecule has 5 heteroatoms. The van der Waals surface area contributed by atoms with Crippen molar-refractivity contribution in [3.05, 3.63) is 58.5 Å². The summed E-state index contributed by atoms with van der Waals surface area (Å²) in [6.07, 6.45) is 4.48. The number of aromatic nitrogens is 1. The molecule has 28 heavy (non-hydrogen) atoms. The Morgan fingerprint density at radius 1 is 1.14 bits per heavy atom. The van der Waals surface area contributed by atoms with Crippen molar-refractivity contribution in [1.82, 2.24) is 8.87 Å². The van der Waals surface area contributed by atoms with E-state index < -0.39 is 0 Å². The number of hydrogen-bond acceptors (Lipinski definition) is 4. The second kappa shape index (κ2) is 6.98. The van der Waals surface area contributed by atoms with Crippen LogP contribution in [0.1, 0.15) is 25.3 Å². The van der Waals surface area contributed by atoms with Gasteiger partial charge in [0.15, 0.2) is 0 Å². The summed E-state index contributed by atoms with van der Waals surface area (Å²) in [5.74, 6) is 1.63. The monoisotopic (exact) mass is 392 g/mol. The molecule has 144 valence electrons. The predicted molar refractivity (Wildman–Crippen MR) is 115 cm³/mol. The van der Waals surface area contributed by atoms with Crippen LogP contribution in [0.4, 0.5) is 0 Å². The molecule has 0 spiro atoms. The van der Waals surface area contributed by atoms with Gasteiger partial charge in [-0.3, -0.25) is 4.79 Å². The van der Waals surface area contributed by atoms with Gasteiger partial charge in [-0.15, -0.1) is 0 Å². The molecule has 3 aromatic rings. The average molecular weight is 393 g/mol. The number of hydrogen-bond donors (Lipinski definition) is 0. The molecule has 0 bridgehead atoms. The number of rotatable bonds is 5. The molecule has 2 aromatic carbocycles. The molecule has 4 nitrogen and oxygen atoms in total. The summed E-state index contributed by atoms with van der Waals surface area (Å²) in [7, 11) is 1.82. The van der Waals surface area contributed by atoms with Crippen LogP contribution in [0, 0.1) is 5.92 Å². The highest BCUT2D eigenvalue weighted by atomic mass is 32.2. The molecule has 1 fully saturated rings. The Morgan fingerprint density at radius 2 is 1.93 bits per heavy atom. The Labute approximate surface area is 169 Å². The van der Waals surface area contributed by atoms with Gasteiger partial charge in [-0.25, -0.2) is 4.31 Å². The van der Waals surface area contributed by atoms with Crippen molar-refractivity contribution in [3.63, 3.8) is 0 Å². The van der Waals surface area contributed by atoms with Crippen molar-refractivity contribution in [3.8, 4) is 16.9 Å². The topological polar surface area (TPSA) is 34.5 Å². The van der Waals surface area contributed by atoms with Crippen LogP contribution in [0.15, 0.2) is 52.3 Å². The number of aryl methyl sites for hydroxylation is 1. The molecule has 1 aromatic heterocycles. The quantitative estimate of drug-likeness (QED) is 0.582. The van der Waals surface area contributed by atoms with E-state index in [0.717, 1.165) is 47.3 Å². The van der Waals surface area contributed by atoms with E-state index >= 15 is 0 Å². The molecule has 1 aliphatic heterocycles. The second-order valence-corrected chi connectivity index (χ2v) is 8.90. The van der Waals surface area contributed by atoms with E-state index in [0.29, 0.717) is 5.92 Å². The van der Waals surface area contributed by atoms with E-state index in [-0.39, 0.29) is 5.56 Å². The van der Waals surface area contributed by atoms with Crippen LogP contribution in [0.25, 0.3) is 21.9 Å². The van der Waals surface area contributed by atoms with Crippen LogP contribution >= 0.6 is 11.9 Å². The Morgan fingerprint density at radius 3 is 2.68 bits per heavy atom. The maximum Gasteiger partial charge on any atom is 0.258 e. The van der Waals surface area contributed by atoms with Crippen molar-refractivity contribution < 1.29 is 4.74 Å². The number of ether oxygens (including phenoxy) is 1. The number of benzene rings is 2. The van der Waals surface area contributed by atoms with Gasteiger partial charge in [-0.1, -0.05) is 25.1 Å². The molecule has 2 aliphatic rings. The molecule has 0 amide bonds. The fourth-order valence-electron chi connectivity index (χ4n) is 3.80. The molecule has 0 radical (unpaired) electrons. The lowest BCUT2D eigenvalue weighted by molar-refractivity contribution is 0.300. The number of fused-ring (bicyclic) bond motifs is 2. The van der Waals surface area contributed by atoms with Crippen LogP contribution in [0.2, 0.25) is 0 Å². The van der Waals surface area contributed by atoms with Crippen molar-refractivity contribution >= 4 is 22.7 Å². The Hall–Kier alpha value is -2.24. The van der Waals surface area contributed by atoms with Gasteiger partial charge in [0.05, 0.1) is 6.61 Å². The van der Waals surface area contributed by atoms with E-state index in [1.54, 1.807) is 4.57 Å². The summed E-state index contributed by atoms with van der Waals surface area (Å²) in [6.45, 7) is 4.92. The highest BCUT2D eigenvalue weighted by Crippen LogP contribution is 2.44. The third-order valence-electron chi connectivity index (χ3n) is 5.64. The first-order chi connectivity index (χ1) is 13.6. The summed E-state index contributed by atoms with van der Waals surface area (Å²) in [5, 5.41) is 1.73. The zero-order valence-electron chi connectivity index (χ0n) is 16.3. The van der Waals surface area contributed by atoms with Crippen LogP contribution in [0.3, 0.4) is 0 Å². The second-order valence-electron chi connectivity index (χ2n) is 7.76. The van der Waals surface area contributed by atoms with E-state index in [1.165, 1.54) is 23.3 Å². The molecule has 5 rings (SSSR count). The van der Waals surface area contributed by atoms with Gasteiger partial charge in [0.25, 0.3) is 5.56 Å². The maximum absolute atomic E-state index is 12.6. The summed E-state index contributed by atoms with van der Waals surface area (Å²) in [6, 6.07) is 12.3. The molecule has 0 N–H and O–H groups in total. The summed E-state index contributed by atoms with van der Waals surface area (Å²) >= 11 is 1.81. The Bertz CT molecular complexity index is 1120. The van der Waals surface area contributed by atoms with E-state index in [9.17, 15) is 4.79 Å². The van der Waals surface area contributed by atoms with Crippen LogP contribution in [0.5, 0.6) is 5.75 Å². The lowest BCUT2D eigenvalue weighted by Crippen LogP contribution is -2.16. The van der Waals surface area contributed by atoms with Gasteiger partial charge >= 0.3 is 0 Å². The normalized spacial score (nSPS) is 16.5. The highest BCUT2D eigenvalue weighted by molar-refractivity contribution is 7.97. The van der Waals surface area contributed by atoms with Crippen molar-refractivity contribution in [2.75, 3.05) is 13.2 Å². The molecule has 0 saturated heterocycles. The zero-order valence-corrected chi connectivity index (χ0v) is 17.1. The van der Waals surface area contributed by atoms with Gasteiger partial charge in [-0.05, 0) is 59.9 Å². The van der Waals surface area contributed by atoms with E-state index in [4.69, 9.17) is 4.74 Å². The standard InChI is InChI=1S/C23H24N2O2S/c1-3-25-12-16-10-21(27-14-15-8-9-15)19(11-22(16)28-25)20-13-24(2)23(26)18-7-5-4-6-17(18)20/h4-7,10-11,13,15H,3,8-9,12,14H2,1-2H3. The lowest BCUT2D eigenvalue weighted by Gasteiger charge is -2.16. The zero-order chi connectivity index (χ0) is 19.3. The van der Waals surface area contributed by atoms with Crippen LogP contribution in [-0.2, 0) is 13.6 Å². The maximum atomic E-state index is 12.6. The largest absolute Gasteiger partial charge is 0.493 e. The van der Waals surface area contributed by atoms with E-state index in [2.05, 4.69) is 23.4 Å². The average Bonchev–Trinajstić information content (AvgIpc) is 3.46. The van der Waals surface area contributed by atoms with Gasteiger partial charge in [0.1, 0.15) is 5.75 Å². The molecule has 0 unspecified atom stereocenters. The molecular weight excluding hydrogens is 368 g/mol. The Balaban J connectivity index is 1.70. The molecular formula is C23H24N2O2S. The fourth-order valence-corrected chi connectivity index (χ4v) is 4.82. The lowest BCUT2D eigenvalue weighted by atomic mass is 9.98. The third-order valence-corrected chi connectivity index (χ3v) is 6.86. The minimum Gasteiger partial charge on any atom is -0.493 e. The van der Waals surface area contributed by atoms with Crippen molar-refractivity contribution in [1.29, 1.82) is 0 Å². The first kappa shape index (κ1) is 17.8. The van der Waals surface area contributed by atoms with Crippen LogP contribution in [-0.4, -0.2) is 22.0 Å². The first-order valence-corrected chi connectivity index (χ1v) is 10.7. The fraction of sp³-hybridized carbons (Fsp3) is 0.348. The van der Waals surface area contributed by atoms with Gasteiger partial charge in [0, 0.05) is 47.7 Å². The summed E-state index contributed by atoms with van der Waals surface area (Å²) in [5.41, 5.74) is 3.50. The Kier molecular flexibility index (Phi) is 4.44. The minimum atomic E-state index is 0.0347. The smallest absolute Gasteiger partial charge is 0.258 e. The van der Waals surface area contributed by atoms with Gasteiger partial charge in [0.2, 0.25) is 0 Å². The van der Waals surface area contributed by atoms with Crippen LogP contribution < -0.4 is 10.3 Å². The summed E-state index contributed by atoms with van der Waals surface area (Å²) in [4.78, 5) is 13.9. The SMILES string of the molecule is CCN1Cc2cc(OCC3CC3)c(-c3cn(C)c(=O)c4ccccc34)cc2S1. The van der Waals surface area contributed by atoms with E-state index in [1.807, 2.05) is 49.5 Å². The third kappa shape index (κ3) is 3.12. The first-order valence-electron chi connectivity index (χ1n) is 9.95. The van der Waals surface area contributed by atoms with Crippen molar-refractivity contribution in [2.24, 2.45) is 13.0 Å². The van der Waals surface area contributed by atoms with Gasteiger partial charge in [-0.2, -0.15) is 0 Å². The predicted octanol–water partition coefficient (Wildman–Crippen LogP) is 4.84. The molecule has 2 heterocycles. The molecule has 1 saturated carbocycles. The molecule has 0 atom stereocenters. The summed E-state index contributed by atoms with van der Waals surface area (Å²) < 4.78 is 10.4. The minimum absolute atomic E-state index is 0.0347. The molecule has 1 aliphatic carbocycles. The highest BCUT2D eigenvalue weighted by Gasteiger charge is 2.26.